The maximum absolute atomic E-state index is 13.2. The van der Waals surface area contributed by atoms with Crippen LogP contribution in [0, 0.1) is 28.5 Å². The number of likely N-dealkylation sites (tertiary alicyclic amines) is 1. The topological polar surface area (TPSA) is 126 Å². The Balaban J connectivity index is 1.78. The van der Waals surface area contributed by atoms with Gasteiger partial charge in [0.25, 0.3) is 5.91 Å². The lowest BCUT2D eigenvalue weighted by Crippen LogP contribution is -2.45. The van der Waals surface area contributed by atoms with E-state index in [0.717, 1.165) is 6.42 Å². The van der Waals surface area contributed by atoms with Gasteiger partial charge in [0.1, 0.15) is 11.4 Å². The molecule has 2 aromatic rings. The van der Waals surface area contributed by atoms with Crippen LogP contribution in [-0.2, 0) is 4.74 Å². The van der Waals surface area contributed by atoms with Gasteiger partial charge < -0.3 is 20.7 Å². The minimum atomic E-state index is -0.700. The number of piperidine rings is 1. The molecule has 0 spiro atoms. The maximum atomic E-state index is 13.2. The number of nitriles is 1. The molecule has 2 amide bonds. The van der Waals surface area contributed by atoms with Gasteiger partial charge in [0.15, 0.2) is 5.82 Å². The smallest absolute Gasteiger partial charge is 0.409 e. The Morgan fingerprint density at radius 3 is 2.64 bits per heavy atom. The van der Waals surface area contributed by atoms with Crippen molar-refractivity contribution in [1.82, 2.24) is 14.7 Å². The summed E-state index contributed by atoms with van der Waals surface area (Å²) in [6.07, 6.45) is 2.21. The quantitative estimate of drug-likeness (QED) is 0.680. The molecule has 0 radical (unpaired) electrons. The van der Waals surface area contributed by atoms with Gasteiger partial charge in [-0.25, -0.2) is 9.18 Å². The van der Waals surface area contributed by atoms with E-state index in [9.17, 15) is 19.2 Å². The number of ether oxygens (including phenoxy) is 1. The third-order valence-electron chi connectivity index (χ3n) is 5.53. The Hall–Kier alpha value is -3.61. The second-order valence-electron chi connectivity index (χ2n) is 9.33. The van der Waals surface area contributed by atoms with Gasteiger partial charge in [-0.1, -0.05) is 20.8 Å². The highest BCUT2D eigenvalue weighted by Crippen LogP contribution is 2.30. The first-order chi connectivity index (χ1) is 15.6. The number of amides is 2. The highest BCUT2D eigenvalue weighted by Gasteiger charge is 2.35. The first-order valence-corrected chi connectivity index (χ1v) is 10.8. The van der Waals surface area contributed by atoms with E-state index in [2.05, 4.69) is 37.3 Å². The molecule has 1 saturated heterocycles. The molecule has 0 saturated carbocycles. The number of aromatic nitrogens is 2. The fraction of sp³-hybridized carbons (Fsp3) is 0.478. The largest absolute Gasteiger partial charge is 0.449 e. The molecule has 10 heteroatoms. The lowest BCUT2D eigenvalue weighted by molar-refractivity contribution is 0.0692. The standard InChI is InChI=1S/C23H29FN6O3/c1-23(2,3)9-11-33-22(32)29-10-8-15(12-25)19(14-29)30-13-18(20(26)31)21(28-30)27-17-6-4-16(24)5-7-17/h4-7,13,15,19H,8-11,14H2,1-3H3,(H2,26,31)(H,27,28)/t15-,19+/m1/s1. The van der Waals surface area contributed by atoms with Gasteiger partial charge in [-0.15, -0.1) is 0 Å². The van der Waals surface area contributed by atoms with Gasteiger partial charge in [0, 0.05) is 25.0 Å². The predicted octanol–water partition coefficient (Wildman–Crippen LogP) is 3.82. The average Bonchev–Trinajstić information content (AvgIpc) is 3.18. The fourth-order valence-electron chi connectivity index (χ4n) is 3.56. The summed E-state index contributed by atoms with van der Waals surface area (Å²) in [5.41, 5.74) is 6.22. The Morgan fingerprint density at radius 2 is 2.03 bits per heavy atom. The van der Waals surface area contributed by atoms with E-state index < -0.39 is 29.8 Å². The van der Waals surface area contributed by atoms with Crippen molar-refractivity contribution in [3.05, 3.63) is 41.8 Å². The molecule has 1 fully saturated rings. The number of nitrogens with two attached hydrogens (primary N) is 1. The molecule has 9 nitrogen and oxygen atoms in total. The number of nitrogens with zero attached hydrogens (tertiary/aromatic N) is 4. The first kappa shape index (κ1) is 24.0. The molecule has 0 unspecified atom stereocenters. The number of carbonyl (C=O) groups is 2. The SMILES string of the molecule is CC(C)(C)CCOC(=O)N1CC[C@H](C#N)[C@@H](n2cc(C(N)=O)c(Nc3ccc(F)cc3)n2)C1. The van der Waals surface area contributed by atoms with Crippen LogP contribution in [0.4, 0.5) is 20.7 Å². The minimum absolute atomic E-state index is 0.0464. The molecular weight excluding hydrogens is 427 g/mol. The van der Waals surface area contributed by atoms with E-state index in [0.29, 0.717) is 25.3 Å². The van der Waals surface area contributed by atoms with Crippen LogP contribution in [0.2, 0.25) is 0 Å². The number of rotatable bonds is 6. The Bertz CT molecular complexity index is 1040. The van der Waals surface area contributed by atoms with E-state index in [-0.39, 0.29) is 23.3 Å². The summed E-state index contributed by atoms with van der Waals surface area (Å²) in [5.74, 6) is -1.32. The van der Waals surface area contributed by atoms with Crippen molar-refractivity contribution >= 4 is 23.5 Å². The van der Waals surface area contributed by atoms with Gasteiger partial charge in [-0.2, -0.15) is 10.4 Å². The summed E-state index contributed by atoms with van der Waals surface area (Å²) < 4.78 is 20.1. The number of carbonyl (C=O) groups excluding carboxylic acids is 2. The molecule has 3 N–H and O–H groups in total. The zero-order valence-corrected chi connectivity index (χ0v) is 19.0. The van der Waals surface area contributed by atoms with Crippen molar-refractivity contribution in [2.45, 2.75) is 39.7 Å². The summed E-state index contributed by atoms with van der Waals surface area (Å²) in [7, 11) is 0. The molecular formula is C23H29FN6O3. The number of halogens is 1. The van der Waals surface area contributed by atoms with E-state index >= 15 is 0 Å². The molecule has 1 aromatic carbocycles. The van der Waals surface area contributed by atoms with E-state index in [4.69, 9.17) is 10.5 Å². The highest BCUT2D eigenvalue weighted by atomic mass is 19.1. The molecule has 33 heavy (non-hydrogen) atoms. The van der Waals surface area contributed by atoms with Crippen LogP contribution in [0.15, 0.2) is 30.5 Å². The van der Waals surface area contributed by atoms with E-state index in [1.807, 2.05) is 0 Å². The summed E-state index contributed by atoms with van der Waals surface area (Å²) >= 11 is 0. The second kappa shape index (κ2) is 9.90. The van der Waals surface area contributed by atoms with Gasteiger partial charge >= 0.3 is 6.09 Å². The van der Waals surface area contributed by atoms with Crippen molar-refractivity contribution in [1.29, 1.82) is 5.26 Å². The van der Waals surface area contributed by atoms with Crippen molar-refractivity contribution in [2.24, 2.45) is 17.1 Å². The first-order valence-electron chi connectivity index (χ1n) is 10.8. The number of nitrogens with one attached hydrogen (secondary N) is 1. The summed E-state index contributed by atoms with van der Waals surface area (Å²) in [6, 6.07) is 7.35. The molecule has 3 rings (SSSR count). The normalized spacial score (nSPS) is 18.5. The molecule has 0 bridgehead atoms. The van der Waals surface area contributed by atoms with Crippen LogP contribution >= 0.6 is 0 Å². The lowest BCUT2D eigenvalue weighted by atomic mass is 9.93. The third kappa shape index (κ3) is 6.22. The van der Waals surface area contributed by atoms with E-state index in [1.54, 1.807) is 4.90 Å². The van der Waals surface area contributed by atoms with Crippen LogP contribution in [0.3, 0.4) is 0 Å². The van der Waals surface area contributed by atoms with Crippen LogP contribution in [0.1, 0.15) is 50.0 Å². The molecule has 176 valence electrons. The van der Waals surface area contributed by atoms with Crippen molar-refractivity contribution in [2.75, 3.05) is 25.0 Å². The zero-order valence-electron chi connectivity index (χ0n) is 19.0. The van der Waals surface area contributed by atoms with E-state index in [1.165, 1.54) is 35.1 Å². The average molecular weight is 457 g/mol. The second-order valence-corrected chi connectivity index (χ2v) is 9.33. The lowest BCUT2D eigenvalue weighted by Gasteiger charge is -2.35. The number of primary amides is 1. The highest BCUT2D eigenvalue weighted by molar-refractivity contribution is 5.98. The number of hydrogen-bond acceptors (Lipinski definition) is 6. The molecule has 0 aliphatic carbocycles. The van der Waals surface area contributed by atoms with Crippen LogP contribution in [-0.4, -0.2) is 46.4 Å². The summed E-state index contributed by atoms with van der Waals surface area (Å²) in [5, 5.41) is 17.1. The van der Waals surface area contributed by atoms with Crippen molar-refractivity contribution in [3.8, 4) is 6.07 Å². The van der Waals surface area contributed by atoms with Crippen LogP contribution < -0.4 is 11.1 Å². The Kier molecular flexibility index (Phi) is 7.21. The minimum Gasteiger partial charge on any atom is -0.449 e. The molecule has 1 aromatic heterocycles. The fourth-order valence-corrected chi connectivity index (χ4v) is 3.56. The van der Waals surface area contributed by atoms with Crippen LogP contribution in [0.5, 0.6) is 0 Å². The maximum Gasteiger partial charge on any atom is 0.409 e. The predicted molar refractivity (Wildman–Crippen MR) is 120 cm³/mol. The summed E-state index contributed by atoms with van der Waals surface area (Å²) in [6.45, 7) is 7.13. The molecule has 2 atom stereocenters. The Morgan fingerprint density at radius 1 is 1.33 bits per heavy atom. The Labute approximate surface area is 192 Å². The van der Waals surface area contributed by atoms with Gasteiger partial charge in [0.2, 0.25) is 0 Å². The number of anilines is 2. The van der Waals surface area contributed by atoms with Crippen molar-refractivity contribution in [3.63, 3.8) is 0 Å². The molecule has 1 aliphatic rings. The third-order valence-corrected chi connectivity index (χ3v) is 5.53. The molecule has 1 aliphatic heterocycles. The molecule has 2 heterocycles. The number of hydrogen-bond donors (Lipinski definition) is 2. The van der Waals surface area contributed by atoms with Gasteiger partial charge in [-0.05, 0) is 42.5 Å². The number of benzene rings is 1. The monoisotopic (exact) mass is 456 g/mol. The van der Waals surface area contributed by atoms with Crippen LogP contribution in [0.25, 0.3) is 0 Å². The van der Waals surface area contributed by atoms with Gasteiger partial charge in [-0.3, -0.25) is 9.48 Å². The van der Waals surface area contributed by atoms with Crippen molar-refractivity contribution < 1.29 is 18.7 Å². The zero-order chi connectivity index (χ0) is 24.2. The van der Waals surface area contributed by atoms with Gasteiger partial charge in [0.05, 0.1) is 24.6 Å². The summed E-state index contributed by atoms with van der Waals surface area (Å²) in [4.78, 5) is 26.1.